The molecule has 0 aromatic carbocycles. The quantitative estimate of drug-likeness (QED) is 0.246. The van der Waals surface area contributed by atoms with Crippen LogP contribution in [0.3, 0.4) is 0 Å². The Kier molecular flexibility index (Phi) is 20.5. The second-order valence-corrected chi connectivity index (χ2v) is 5.95. The van der Waals surface area contributed by atoms with Gasteiger partial charge in [-0.1, -0.05) is 51.9 Å². The Morgan fingerprint density at radius 3 is 1.77 bits per heavy atom. The van der Waals surface area contributed by atoms with Crippen LogP contribution in [0.5, 0.6) is 0 Å². The highest BCUT2D eigenvalue weighted by atomic mass is 32.3. The summed E-state index contributed by atoms with van der Waals surface area (Å²) in [6.45, 7) is 3.63. The monoisotopic (exact) mass is 342 g/mol. The molecule has 0 atom stereocenters. The van der Waals surface area contributed by atoms with E-state index in [-0.39, 0.29) is 19.8 Å². The van der Waals surface area contributed by atoms with Crippen molar-refractivity contribution in [2.24, 2.45) is 0 Å². The molecule has 0 aliphatic rings. The van der Waals surface area contributed by atoms with Gasteiger partial charge < -0.3 is 20.1 Å². The number of nitrogens with one attached hydrogen (secondary N) is 1. The van der Waals surface area contributed by atoms with Crippen molar-refractivity contribution in [3.8, 4) is 0 Å². The predicted octanol–water partition coefficient (Wildman–Crippen LogP) is 1.16. The molecule has 0 aromatic rings. The standard InChI is InChI=1S/C10H22O4S.C4H11NO2/c1-2-3-4-5-6-7-8-9-10-14-15(11,12)13;6-3-1-5-2-4-7/h2-10H2,1H3,(H,11,12,13);5-7H,1-4H2/p-1. The molecule has 0 amide bonds. The normalized spacial score (nSPS) is 11.1. The van der Waals surface area contributed by atoms with Crippen molar-refractivity contribution in [1.29, 1.82) is 0 Å². The maximum Gasteiger partial charge on any atom is 0.217 e. The summed E-state index contributed by atoms with van der Waals surface area (Å²) in [6.07, 6.45) is 8.91. The zero-order chi connectivity index (χ0) is 17.1. The average molecular weight is 342 g/mol. The van der Waals surface area contributed by atoms with Crippen LogP contribution in [0.25, 0.3) is 0 Å². The van der Waals surface area contributed by atoms with Gasteiger partial charge in [-0.15, -0.1) is 0 Å². The van der Waals surface area contributed by atoms with Gasteiger partial charge in [0.1, 0.15) is 0 Å². The third kappa shape index (κ3) is 28.0. The van der Waals surface area contributed by atoms with Gasteiger partial charge in [-0.05, 0) is 6.42 Å². The first-order valence-electron chi connectivity index (χ1n) is 8.00. The predicted molar refractivity (Wildman–Crippen MR) is 85.3 cm³/mol. The van der Waals surface area contributed by atoms with E-state index in [9.17, 15) is 13.0 Å². The maximum atomic E-state index is 10.1. The zero-order valence-electron chi connectivity index (χ0n) is 13.6. The van der Waals surface area contributed by atoms with E-state index < -0.39 is 10.4 Å². The number of unbranched alkanes of at least 4 members (excludes halogenated alkanes) is 7. The molecule has 0 fully saturated rings. The molecule has 0 aliphatic heterocycles. The second-order valence-electron chi connectivity index (χ2n) is 4.90. The van der Waals surface area contributed by atoms with Crippen LogP contribution in [-0.4, -0.2) is 56.1 Å². The zero-order valence-corrected chi connectivity index (χ0v) is 14.4. The minimum Gasteiger partial charge on any atom is -0.726 e. The van der Waals surface area contributed by atoms with Crippen LogP contribution in [0.15, 0.2) is 0 Å². The molecule has 0 radical (unpaired) electrons. The fourth-order valence-electron chi connectivity index (χ4n) is 1.68. The molecule has 3 N–H and O–H groups in total. The summed E-state index contributed by atoms with van der Waals surface area (Å²) in [5.74, 6) is 0. The van der Waals surface area contributed by atoms with E-state index in [1.807, 2.05) is 0 Å². The van der Waals surface area contributed by atoms with Crippen LogP contribution in [0.2, 0.25) is 0 Å². The van der Waals surface area contributed by atoms with E-state index in [0.717, 1.165) is 12.8 Å². The van der Waals surface area contributed by atoms with Crippen molar-refractivity contribution < 1.29 is 27.4 Å². The third-order valence-corrected chi connectivity index (χ3v) is 3.26. The summed E-state index contributed by atoms with van der Waals surface area (Å²) in [4.78, 5) is 0. The van der Waals surface area contributed by atoms with E-state index in [1.54, 1.807) is 0 Å². The Labute approximate surface area is 135 Å². The average Bonchev–Trinajstić information content (AvgIpc) is 2.46. The summed E-state index contributed by atoms with van der Waals surface area (Å²) in [5.41, 5.74) is 0. The van der Waals surface area contributed by atoms with Gasteiger partial charge in [0.15, 0.2) is 0 Å². The lowest BCUT2D eigenvalue weighted by Crippen LogP contribution is -2.21. The fraction of sp³-hybridized carbons (Fsp3) is 1.00. The van der Waals surface area contributed by atoms with Gasteiger partial charge >= 0.3 is 0 Å². The van der Waals surface area contributed by atoms with Gasteiger partial charge in [-0.25, -0.2) is 8.42 Å². The van der Waals surface area contributed by atoms with Crippen molar-refractivity contribution in [3.05, 3.63) is 0 Å². The van der Waals surface area contributed by atoms with Crippen molar-refractivity contribution >= 4 is 10.4 Å². The molecular weight excluding hydrogens is 310 g/mol. The van der Waals surface area contributed by atoms with E-state index in [0.29, 0.717) is 19.5 Å². The maximum absolute atomic E-state index is 10.1. The molecule has 136 valence electrons. The van der Waals surface area contributed by atoms with E-state index >= 15 is 0 Å². The number of aliphatic hydroxyl groups is 2. The first kappa shape index (κ1) is 24.0. The topological polar surface area (TPSA) is 119 Å². The summed E-state index contributed by atoms with van der Waals surface area (Å²) in [7, 11) is -4.48. The highest BCUT2D eigenvalue weighted by molar-refractivity contribution is 7.80. The first-order valence-corrected chi connectivity index (χ1v) is 9.34. The molecule has 0 unspecified atom stereocenters. The molecule has 0 saturated heterocycles. The molecule has 0 spiro atoms. The second kappa shape index (κ2) is 18.8. The van der Waals surface area contributed by atoms with Gasteiger partial charge in [-0.3, -0.25) is 4.18 Å². The summed E-state index contributed by atoms with van der Waals surface area (Å²) >= 11 is 0. The molecule has 8 heteroatoms. The van der Waals surface area contributed by atoms with Crippen molar-refractivity contribution in [1.82, 2.24) is 5.32 Å². The highest BCUT2D eigenvalue weighted by Crippen LogP contribution is 2.08. The van der Waals surface area contributed by atoms with Crippen LogP contribution in [0, 0.1) is 0 Å². The number of rotatable bonds is 14. The summed E-state index contributed by atoms with van der Waals surface area (Å²) < 4.78 is 34.3. The minimum absolute atomic E-state index is 0.0286. The van der Waals surface area contributed by atoms with Crippen LogP contribution in [0.4, 0.5) is 0 Å². The van der Waals surface area contributed by atoms with Crippen molar-refractivity contribution in [2.45, 2.75) is 58.3 Å². The third-order valence-electron chi connectivity index (χ3n) is 2.80. The number of hydrogen-bond donors (Lipinski definition) is 3. The van der Waals surface area contributed by atoms with E-state index in [1.165, 1.54) is 32.1 Å². The van der Waals surface area contributed by atoms with Gasteiger partial charge in [0.2, 0.25) is 10.4 Å². The fourth-order valence-corrected chi connectivity index (χ4v) is 2.00. The molecule has 0 aliphatic carbocycles. The Hall–Kier alpha value is -0.250. The van der Waals surface area contributed by atoms with Gasteiger partial charge in [-0.2, -0.15) is 0 Å². The molecule has 0 rings (SSSR count). The van der Waals surface area contributed by atoms with Crippen molar-refractivity contribution in [2.75, 3.05) is 32.9 Å². The van der Waals surface area contributed by atoms with Crippen LogP contribution < -0.4 is 5.32 Å². The molecule has 22 heavy (non-hydrogen) atoms. The molecule has 0 bridgehead atoms. The summed E-state index contributed by atoms with van der Waals surface area (Å²) in [6, 6.07) is 0. The molecule has 0 heterocycles. The highest BCUT2D eigenvalue weighted by Gasteiger charge is 1.95. The number of aliphatic hydroxyl groups excluding tert-OH is 2. The molecule has 7 nitrogen and oxygen atoms in total. The van der Waals surface area contributed by atoms with Crippen molar-refractivity contribution in [3.63, 3.8) is 0 Å². The van der Waals surface area contributed by atoms with Crippen LogP contribution >= 0.6 is 0 Å². The Bertz CT molecular complexity index is 294. The van der Waals surface area contributed by atoms with E-state index in [4.69, 9.17) is 10.2 Å². The molecular formula is C14H32NO6S-. The van der Waals surface area contributed by atoms with Gasteiger partial charge in [0, 0.05) is 13.1 Å². The summed E-state index contributed by atoms with van der Waals surface area (Å²) in [5, 5.41) is 19.1. The Morgan fingerprint density at radius 2 is 1.36 bits per heavy atom. The Morgan fingerprint density at radius 1 is 0.909 bits per heavy atom. The van der Waals surface area contributed by atoms with Crippen LogP contribution in [-0.2, 0) is 14.6 Å². The molecule has 0 saturated carbocycles. The smallest absolute Gasteiger partial charge is 0.217 e. The van der Waals surface area contributed by atoms with Crippen LogP contribution in [0.1, 0.15) is 58.3 Å². The lowest BCUT2D eigenvalue weighted by Gasteiger charge is -2.06. The lowest BCUT2D eigenvalue weighted by molar-refractivity contribution is 0.255. The largest absolute Gasteiger partial charge is 0.726 e. The van der Waals surface area contributed by atoms with Gasteiger partial charge in [0.25, 0.3) is 0 Å². The van der Waals surface area contributed by atoms with E-state index in [2.05, 4.69) is 16.4 Å². The lowest BCUT2D eigenvalue weighted by atomic mass is 10.1. The number of hydrogen-bond acceptors (Lipinski definition) is 7. The Balaban J connectivity index is 0. The minimum atomic E-state index is -4.48. The molecule has 0 aromatic heterocycles. The first-order chi connectivity index (χ1) is 10.5. The van der Waals surface area contributed by atoms with Gasteiger partial charge in [0.05, 0.1) is 19.8 Å². The SMILES string of the molecule is CCCCCCCCCCOS(=O)(=O)[O-].OCCNCCO.